The highest BCUT2D eigenvalue weighted by molar-refractivity contribution is 5.86. The van der Waals surface area contributed by atoms with Crippen LogP contribution in [-0.4, -0.2) is 20.9 Å². The van der Waals surface area contributed by atoms with Gasteiger partial charge in [0, 0.05) is 11.8 Å². The van der Waals surface area contributed by atoms with Crippen molar-refractivity contribution < 1.29 is 9.90 Å². The molecule has 2 aromatic rings. The van der Waals surface area contributed by atoms with E-state index in [4.69, 9.17) is 5.11 Å². The third-order valence-corrected chi connectivity index (χ3v) is 2.46. The van der Waals surface area contributed by atoms with E-state index in [9.17, 15) is 4.79 Å². The first-order valence-corrected chi connectivity index (χ1v) is 4.95. The fraction of sp³-hybridized carbons (Fsp3) is 0.167. The maximum atomic E-state index is 10.9. The molecule has 1 aromatic carbocycles. The number of aryl methyl sites for hydroxylation is 2. The predicted molar refractivity (Wildman–Crippen MR) is 60.0 cm³/mol. The van der Waals surface area contributed by atoms with Crippen LogP contribution in [0.25, 0.3) is 5.69 Å². The van der Waals surface area contributed by atoms with Crippen molar-refractivity contribution in [2.75, 3.05) is 0 Å². The van der Waals surface area contributed by atoms with Crippen LogP contribution >= 0.6 is 0 Å². The zero-order chi connectivity index (χ0) is 11.7. The van der Waals surface area contributed by atoms with E-state index >= 15 is 0 Å². The SMILES string of the molecule is Cc1ccccc1-n1cc(C)c(C(=O)O)n1. The Morgan fingerprint density at radius 3 is 2.50 bits per heavy atom. The second-order valence-electron chi connectivity index (χ2n) is 3.70. The minimum absolute atomic E-state index is 0.100. The molecule has 0 amide bonds. The van der Waals surface area contributed by atoms with Crippen LogP contribution in [-0.2, 0) is 0 Å². The maximum Gasteiger partial charge on any atom is 0.356 e. The summed E-state index contributed by atoms with van der Waals surface area (Å²) in [7, 11) is 0. The number of hydrogen-bond donors (Lipinski definition) is 1. The van der Waals surface area contributed by atoms with Gasteiger partial charge in [0.05, 0.1) is 5.69 Å². The van der Waals surface area contributed by atoms with E-state index in [-0.39, 0.29) is 5.69 Å². The number of carboxylic acid groups (broad SMARTS) is 1. The van der Waals surface area contributed by atoms with E-state index in [1.165, 1.54) is 0 Å². The first-order valence-electron chi connectivity index (χ1n) is 4.95. The van der Waals surface area contributed by atoms with Gasteiger partial charge in [0.25, 0.3) is 0 Å². The molecule has 0 atom stereocenters. The Bertz CT molecular complexity index is 544. The first-order chi connectivity index (χ1) is 7.59. The third kappa shape index (κ3) is 1.69. The molecule has 0 aliphatic carbocycles. The summed E-state index contributed by atoms with van der Waals surface area (Å²) < 4.78 is 1.61. The van der Waals surface area contributed by atoms with Crippen molar-refractivity contribution in [3.8, 4) is 5.69 Å². The van der Waals surface area contributed by atoms with Gasteiger partial charge in [-0.15, -0.1) is 0 Å². The van der Waals surface area contributed by atoms with Gasteiger partial charge in [-0.3, -0.25) is 0 Å². The van der Waals surface area contributed by atoms with Gasteiger partial charge in [-0.1, -0.05) is 18.2 Å². The van der Waals surface area contributed by atoms with Crippen molar-refractivity contribution in [2.45, 2.75) is 13.8 Å². The van der Waals surface area contributed by atoms with Crippen LogP contribution in [0.3, 0.4) is 0 Å². The number of nitrogens with zero attached hydrogens (tertiary/aromatic N) is 2. The van der Waals surface area contributed by atoms with Gasteiger partial charge in [-0.2, -0.15) is 5.10 Å². The lowest BCUT2D eigenvalue weighted by atomic mass is 10.2. The zero-order valence-corrected chi connectivity index (χ0v) is 9.14. The van der Waals surface area contributed by atoms with Crippen LogP contribution in [0.4, 0.5) is 0 Å². The smallest absolute Gasteiger partial charge is 0.356 e. The molecule has 82 valence electrons. The Kier molecular flexibility index (Phi) is 2.48. The second kappa shape index (κ2) is 3.81. The van der Waals surface area contributed by atoms with Gasteiger partial charge in [-0.25, -0.2) is 9.48 Å². The fourth-order valence-corrected chi connectivity index (χ4v) is 1.62. The average Bonchev–Trinajstić information content (AvgIpc) is 2.61. The molecule has 1 N–H and O–H groups in total. The quantitative estimate of drug-likeness (QED) is 0.837. The van der Waals surface area contributed by atoms with Gasteiger partial charge < -0.3 is 5.11 Å². The Hall–Kier alpha value is -2.10. The molecule has 0 saturated heterocycles. The molecule has 4 heteroatoms. The highest BCUT2D eigenvalue weighted by Crippen LogP contribution is 2.15. The molecule has 0 fully saturated rings. The summed E-state index contributed by atoms with van der Waals surface area (Å²) in [5.74, 6) is -0.996. The van der Waals surface area contributed by atoms with Gasteiger partial charge >= 0.3 is 5.97 Å². The number of carboxylic acids is 1. The van der Waals surface area contributed by atoms with E-state index in [1.54, 1.807) is 17.8 Å². The van der Waals surface area contributed by atoms with Crippen molar-refractivity contribution in [2.24, 2.45) is 0 Å². The molecule has 0 aliphatic heterocycles. The maximum absolute atomic E-state index is 10.9. The molecule has 2 rings (SSSR count). The van der Waals surface area contributed by atoms with E-state index in [1.807, 2.05) is 31.2 Å². The molecule has 1 heterocycles. The van der Waals surface area contributed by atoms with Gasteiger partial charge in [0.2, 0.25) is 0 Å². The molecule has 0 spiro atoms. The Morgan fingerprint density at radius 1 is 1.25 bits per heavy atom. The topological polar surface area (TPSA) is 55.1 Å². The summed E-state index contributed by atoms with van der Waals surface area (Å²) in [6.45, 7) is 3.71. The lowest BCUT2D eigenvalue weighted by Gasteiger charge is -2.04. The van der Waals surface area contributed by atoms with Crippen LogP contribution in [0.15, 0.2) is 30.5 Å². The summed E-state index contributed by atoms with van der Waals surface area (Å²) >= 11 is 0. The molecule has 0 aliphatic rings. The molecule has 0 unspecified atom stereocenters. The van der Waals surface area contributed by atoms with Crippen molar-refractivity contribution >= 4 is 5.97 Å². The lowest BCUT2D eigenvalue weighted by Crippen LogP contribution is -2.02. The summed E-state index contributed by atoms with van der Waals surface area (Å²) in [6.07, 6.45) is 1.73. The van der Waals surface area contributed by atoms with Gasteiger partial charge in [-0.05, 0) is 25.5 Å². The van der Waals surface area contributed by atoms with Crippen LogP contribution in [0.1, 0.15) is 21.6 Å². The highest BCUT2D eigenvalue weighted by Gasteiger charge is 2.13. The van der Waals surface area contributed by atoms with E-state index in [0.29, 0.717) is 5.56 Å². The fourth-order valence-electron chi connectivity index (χ4n) is 1.62. The molecule has 16 heavy (non-hydrogen) atoms. The van der Waals surface area contributed by atoms with Gasteiger partial charge in [0.1, 0.15) is 0 Å². The molecule has 0 bridgehead atoms. The molecule has 0 saturated carbocycles. The van der Waals surface area contributed by atoms with Crippen LogP contribution in [0, 0.1) is 13.8 Å². The van der Waals surface area contributed by atoms with Gasteiger partial charge in [0.15, 0.2) is 5.69 Å². The van der Waals surface area contributed by atoms with Crippen molar-refractivity contribution in [3.63, 3.8) is 0 Å². The second-order valence-corrected chi connectivity index (χ2v) is 3.70. The molecule has 0 radical (unpaired) electrons. The number of para-hydroxylation sites is 1. The lowest BCUT2D eigenvalue weighted by molar-refractivity contribution is 0.0689. The normalized spacial score (nSPS) is 10.4. The van der Waals surface area contributed by atoms with E-state index in [2.05, 4.69) is 5.10 Å². The largest absolute Gasteiger partial charge is 0.476 e. The number of rotatable bonds is 2. The Labute approximate surface area is 93.1 Å². The summed E-state index contributed by atoms with van der Waals surface area (Å²) in [5.41, 5.74) is 2.72. The molecular formula is C12H12N2O2. The van der Waals surface area contributed by atoms with E-state index in [0.717, 1.165) is 11.3 Å². The first kappa shape index (κ1) is 10.4. The highest BCUT2D eigenvalue weighted by atomic mass is 16.4. The summed E-state index contributed by atoms with van der Waals surface area (Å²) in [5, 5.41) is 13.0. The van der Waals surface area contributed by atoms with Crippen molar-refractivity contribution in [3.05, 3.63) is 47.3 Å². The number of aromatic nitrogens is 2. The number of hydrogen-bond acceptors (Lipinski definition) is 2. The number of benzene rings is 1. The van der Waals surface area contributed by atoms with Crippen molar-refractivity contribution in [1.82, 2.24) is 9.78 Å². The Balaban J connectivity index is 2.54. The predicted octanol–water partition coefficient (Wildman–Crippen LogP) is 2.19. The van der Waals surface area contributed by atoms with Crippen LogP contribution in [0.5, 0.6) is 0 Å². The average molecular weight is 216 g/mol. The van der Waals surface area contributed by atoms with E-state index < -0.39 is 5.97 Å². The molecular weight excluding hydrogens is 204 g/mol. The monoisotopic (exact) mass is 216 g/mol. The summed E-state index contributed by atoms with van der Waals surface area (Å²) in [4.78, 5) is 10.9. The molecule has 1 aromatic heterocycles. The summed E-state index contributed by atoms with van der Waals surface area (Å²) in [6, 6.07) is 7.72. The third-order valence-electron chi connectivity index (χ3n) is 2.46. The Morgan fingerprint density at radius 2 is 1.94 bits per heavy atom. The zero-order valence-electron chi connectivity index (χ0n) is 9.14. The minimum atomic E-state index is -0.996. The van der Waals surface area contributed by atoms with Crippen LogP contribution in [0.2, 0.25) is 0 Å². The number of aromatic carboxylic acids is 1. The minimum Gasteiger partial charge on any atom is -0.476 e. The molecule has 4 nitrogen and oxygen atoms in total. The standard InChI is InChI=1S/C12H12N2O2/c1-8-5-3-4-6-10(8)14-7-9(2)11(13-14)12(15)16/h3-7H,1-2H3,(H,15,16). The van der Waals surface area contributed by atoms with Crippen molar-refractivity contribution in [1.29, 1.82) is 0 Å². The number of carbonyl (C=O) groups is 1. The van der Waals surface area contributed by atoms with Crippen LogP contribution < -0.4 is 0 Å².